The van der Waals surface area contributed by atoms with Crippen LogP contribution in [0.2, 0.25) is 0 Å². The van der Waals surface area contributed by atoms with Gasteiger partial charge in [-0.15, -0.1) is 0 Å². The summed E-state index contributed by atoms with van der Waals surface area (Å²) >= 11 is 1.34. The molecule has 0 saturated heterocycles. The molecule has 1 N–H and O–H groups in total. The van der Waals surface area contributed by atoms with Crippen LogP contribution in [-0.2, 0) is 17.8 Å². The Morgan fingerprint density at radius 2 is 1.88 bits per heavy atom. The normalized spacial score (nSPS) is 10.8. The Morgan fingerprint density at radius 3 is 2.68 bits per heavy atom. The molecule has 0 aliphatic carbocycles. The summed E-state index contributed by atoms with van der Waals surface area (Å²) in [4.78, 5) is 42.3. The van der Waals surface area contributed by atoms with Crippen molar-refractivity contribution in [3.63, 3.8) is 0 Å². The van der Waals surface area contributed by atoms with Crippen molar-refractivity contribution in [1.29, 1.82) is 0 Å². The van der Waals surface area contributed by atoms with Crippen LogP contribution in [-0.4, -0.2) is 33.6 Å². The van der Waals surface area contributed by atoms with Crippen LogP contribution < -0.4 is 15.6 Å². The van der Waals surface area contributed by atoms with Gasteiger partial charge in [0.2, 0.25) is 4.96 Å². The van der Waals surface area contributed by atoms with E-state index in [4.69, 9.17) is 9.47 Å². The molecule has 0 radical (unpaired) electrons. The number of amides is 1. The highest BCUT2D eigenvalue weighted by molar-refractivity contribution is 7.16. The number of nitrogens with zero attached hydrogens (tertiary/aromatic N) is 3. The molecule has 0 saturated carbocycles. The molecule has 1 amide bonds. The van der Waals surface area contributed by atoms with Crippen molar-refractivity contribution in [2.75, 3.05) is 12.4 Å². The number of methoxy groups -OCH3 is 1. The fourth-order valence-electron chi connectivity index (χ4n) is 3.20. The first-order valence-corrected chi connectivity index (χ1v) is 11.4. The molecule has 10 heteroatoms. The minimum absolute atomic E-state index is 0.161. The molecule has 0 fully saturated rings. The van der Waals surface area contributed by atoms with E-state index in [9.17, 15) is 14.4 Å². The number of ether oxygens (including phenoxy) is 2. The molecule has 34 heavy (non-hydrogen) atoms. The highest BCUT2D eigenvalue weighted by atomic mass is 32.1. The number of anilines is 1. The molecule has 0 spiro atoms. The van der Waals surface area contributed by atoms with Gasteiger partial charge in [-0.05, 0) is 42.8 Å². The topological polar surface area (TPSA) is 112 Å². The average molecular weight is 479 g/mol. The van der Waals surface area contributed by atoms with E-state index >= 15 is 0 Å². The second-order valence-electron chi connectivity index (χ2n) is 7.37. The predicted octanol–water partition coefficient (Wildman–Crippen LogP) is 3.72. The second kappa shape index (κ2) is 10.3. The third-order valence-electron chi connectivity index (χ3n) is 4.84. The van der Waals surface area contributed by atoms with Crippen molar-refractivity contribution < 1.29 is 19.1 Å². The van der Waals surface area contributed by atoms with Crippen molar-refractivity contribution in [2.45, 2.75) is 26.4 Å². The lowest BCUT2D eigenvalue weighted by Gasteiger charge is -2.09. The van der Waals surface area contributed by atoms with Gasteiger partial charge in [-0.1, -0.05) is 30.4 Å². The monoisotopic (exact) mass is 478 g/mol. The van der Waals surface area contributed by atoms with Crippen LogP contribution in [0, 0.1) is 0 Å². The molecule has 174 valence electrons. The van der Waals surface area contributed by atoms with Crippen molar-refractivity contribution in [3.05, 3.63) is 86.8 Å². The molecule has 2 aromatic carbocycles. The predicted molar refractivity (Wildman–Crippen MR) is 128 cm³/mol. The first-order chi connectivity index (χ1) is 16.5. The van der Waals surface area contributed by atoms with Gasteiger partial charge in [-0.25, -0.2) is 9.78 Å². The zero-order chi connectivity index (χ0) is 24.1. The van der Waals surface area contributed by atoms with Gasteiger partial charge in [0.1, 0.15) is 17.4 Å². The number of aromatic nitrogens is 3. The van der Waals surface area contributed by atoms with Crippen molar-refractivity contribution >= 4 is 33.9 Å². The number of esters is 1. The van der Waals surface area contributed by atoms with Gasteiger partial charge in [0.05, 0.1) is 18.4 Å². The summed E-state index contributed by atoms with van der Waals surface area (Å²) in [6.07, 6.45) is 1.68. The van der Waals surface area contributed by atoms with E-state index in [0.717, 1.165) is 17.8 Å². The highest BCUT2D eigenvalue weighted by Gasteiger charge is 2.13. The maximum Gasteiger partial charge on any atom is 0.338 e. The molecule has 0 unspecified atom stereocenters. The van der Waals surface area contributed by atoms with Crippen LogP contribution in [0.3, 0.4) is 0 Å². The van der Waals surface area contributed by atoms with E-state index in [-0.39, 0.29) is 23.6 Å². The third kappa shape index (κ3) is 5.29. The number of fused-ring (bicyclic) bond motifs is 1. The average Bonchev–Trinajstić information content (AvgIpc) is 3.26. The Bertz CT molecular complexity index is 1410. The molecule has 4 rings (SSSR count). The maximum absolute atomic E-state index is 12.6. The third-order valence-corrected chi connectivity index (χ3v) is 5.81. The summed E-state index contributed by atoms with van der Waals surface area (Å²) in [6.45, 7) is 1.87. The number of carbonyl (C=O) groups excluding carboxylic acids is 2. The summed E-state index contributed by atoms with van der Waals surface area (Å²) in [5.41, 5.74) is 1.13. The number of rotatable bonds is 8. The molecule has 0 atom stereocenters. The summed E-state index contributed by atoms with van der Waals surface area (Å²) in [6, 6.07) is 14.5. The van der Waals surface area contributed by atoms with E-state index < -0.39 is 5.97 Å². The van der Waals surface area contributed by atoms with E-state index in [1.165, 1.54) is 35.1 Å². The number of hydrogen-bond donors (Lipinski definition) is 1. The number of hydrogen-bond acceptors (Lipinski definition) is 8. The summed E-state index contributed by atoms with van der Waals surface area (Å²) < 4.78 is 11.8. The lowest BCUT2D eigenvalue weighted by atomic mass is 10.1. The molecule has 4 aromatic rings. The summed E-state index contributed by atoms with van der Waals surface area (Å²) in [5, 5.41) is 7.84. The molecule has 2 aromatic heterocycles. The van der Waals surface area contributed by atoms with E-state index in [0.29, 0.717) is 27.7 Å². The molecule has 9 nitrogen and oxygen atoms in total. The lowest BCUT2D eigenvalue weighted by molar-refractivity contribution is 0.0467. The van der Waals surface area contributed by atoms with Gasteiger partial charge in [-0.2, -0.15) is 9.61 Å². The first-order valence-electron chi connectivity index (χ1n) is 10.6. The molecule has 0 aliphatic rings. The Kier molecular flexibility index (Phi) is 6.98. The quantitative estimate of drug-likeness (QED) is 0.384. The van der Waals surface area contributed by atoms with Gasteiger partial charge in [0, 0.05) is 23.7 Å². The number of carbonyl (C=O) groups is 2. The second-order valence-corrected chi connectivity index (χ2v) is 8.41. The smallest absolute Gasteiger partial charge is 0.338 e. The minimum atomic E-state index is -0.601. The van der Waals surface area contributed by atoms with Gasteiger partial charge < -0.3 is 14.8 Å². The highest BCUT2D eigenvalue weighted by Crippen LogP contribution is 2.17. The zero-order valence-corrected chi connectivity index (χ0v) is 19.4. The van der Waals surface area contributed by atoms with Gasteiger partial charge >= 0.3 is 5.97 Å². The Morgan fingerprint density at radius 1 is 1.09 bits per heavy atom. The van der Waals surface area contributed by atoms with Crippen LogP contribution >= 0.6 is 11.3 Å². The Labute approximate surface area is 199 Å². The van der Waals surface area contributed by atoms with Crippen LogP contribution in [0.5, 0.6) is 5.75 Å². The van der Waals surface area contributed by atoms with Crippen LogP contribution in [0.15, 0.2) is 59.4 Å². The van der Waals surface area contributed by atoms with Crippen molar-refractivity contribution in [1.82, 2.24) is 14.6 Å². The standard InChI is InChI=1S/C24H22N4O5S/c1-3-6-20-27-28-21(29)13-18(26-24(28)34-20)14-33-23(31)16-8-4-9-17(11-16)25-22(30)15-7-5-10-19(12-15)32-2/h4-5,7-13H,3,6,14H2,1-2H3,(H,25,30). The number of aryl methyl sites for hydroxylation is 1. The molecule has 0 bridgehead atoms. The van der Waals surface area contributed by atoms with Crippen molar-refractivity contribution in [2.24, 2.45) is 0 Å². The van der Waals surface area contributed by atoms with E-state index in [1.54, 1.807) is 42.5 Å². The van der Waals surface area contributed by atoms with E-state index in [2.05, 4.69) is 15.4 Å². The maximum atomic E-state index is 12.6. The van der Waals surface area contributed by atoms with Crippen molar-refractivity contribution in [3.8, 4) is 5.75 Å². The molecular formula is C24H22N4O5S. The molecular weight excluding hydrogens is 456 g/mol. The summed E-state index contributed by atoms with van der Waals surface area (Å²) in [7, 11) is 1.53. The zero-order valence-electron chi connectivity index (χ0n) is 18.6. The van der Waals surface area contributed by atoms with Gasteiger partial charge in [-0.3, -0.25) is 9.59 Å². The molecule has 2 heterocycles. The number of nitrogens with one attached hydrogen (secondary N) is 1. The SMILES string of the molecule is CCCc1nn2c(=O)cc(COC(=O)c3cccc(NC(=O)c4cccc(OC)c4)c3)nc2s1. The molecule has 0 aliphatic heterocycles. The fraction of sp³-hybridized carbons (Fsp3) is 0.208. The van der Waals surface area contributed by atoms with Crippen LogP contribution in [0.25, 0.3) is 4.96 Å². The summed E-state index contributed by atoms with van der Waals surface area (Å²) in [5.74, 6) is -0.374. The largest absolute Gasteiger partial charge is 0.497 e. The number of benzene rings is 2. The Balaban J connectivity index is 1.43. The van der Waals surface area contributed by atoms with Gasteiger partial charge in [0.15, 0.2) is 0 Å². The van der Waals surface area contributed by atoms with Gasteiger partial charge in [0.25, 0.3) is 11.5 Å². The van der Waals surface area contributed by atoms with Crippen LogP contribution in [0.1, 0.15) is 44.8 Å². The van der Waals surface area contributed by atoms with E-state index in [1.807, 2.05) is 6.92 Å². The lowest BCUT2D eigenvalue weighted by Crippen LogP contribution is -2.17. The van der Waals surface area contributed by atoms with Crippen LogP contribution in [0.4, 0.5) is 5.69 Å². The Hall–Kier alpha value is -4.05. The fourth-order valence-corrected chi connectivity index (χ4v) is 4.22. The minimum Gasteiger partial charge on any atom is -0.497 e. The first kappa shape index (κ1) is 23.1.